The van der Waals surface area contributed by atoms with E-state index in [1.54, 1.807) is 23.5 Å². The van der Waals surface area contributed by atoms with E-state index < -0.39 is 0 Å². The van der Waals surface area contributed by atoms with Gasteiger partial charge in [0.2, 0.25) is 0 Å². The highest BCUT2D eigenvalue weighted by Crippen LogP contribution is 2.60. The number of rotatable bonds is 2. The molecule has 4 fully saturated rings. The minimum absolute atomic E-state index is 0. The number of aromatic hydroxyl groups is 2. The van der Waals surface area contributed by atoms with E-state index in [4.69, 9.17) is 4.98 Å². The van der Waals surface area contributed by atoms with Crippen LogP contribution in [-0.4, -0.2) is 19.6 Å². The van der Waals surface area contributed by atoms with Gasteiger partial charge in [-0.05, 0) is 74.5 Å². The van der Waals surface area contributed by atoms with E-state index in [9.17, 15) is 10.2 Å². The second-order valence-electron chi connectivity index (χ2n) is 8.80. The van der Waals surface area contributed by atoms with E-state index in [-0.39, 0.29) is 23.9 Å². The molecule has 4 aliphatic carbocycles. The Balaban J connectivity index is 0.00000160. The Hall–Kier alpha value is -1.72. The number of fused-ring (bicyclic) bond motifs is 1. The standard InChI is InChI=1S/C21H22N2O2S.ClH/c24-17-2-1-15(6-18(17)25)16-11-26-20-22-19(10-23(16)20)21-7-12-3-13(8-21)5-14(4-12)9-21;/h1-2,6,10-14,24-25H,3-5,7-9H2;1H. The zero-order valence-electron chi connectivity index (χ0n) is 15.0. The highest BCUT2D eigenvalue weighted by molar-refractivity contribution is 7.15. The van der Waals surface area contributed by atoms with E-state index in [1.165, 1.54) is 44.2 Å². The summed E-state index contributed by atoms with van der Waals surface area (Å²) in [5.74, 6) is 2.57. The van der Waals surface area contributed by atoms with Gasteiger partial charge in [-0.1, -0.05) is 0 Å². The van der Waals surface area contributed by atoms with Crippen LogP contribution in [0.2, 0.25) is 0 Å². The van der Waals surface area contributed by atoms with Gasteiger partial charge in [0.05, 0.1) is 11.4 Å². The van der Waals surface area contributed by atoms with Gasteiger partial charge in [-0.15, -0.1) is 23.7 Å². The molecule has 2 aromatic heterocycles. The molecule has 4 nitrogen and oxygen atoms in total. The topological polar surface area (TPSA) is 57.8 Å². The van der Waals surface area contributed by atoms with Gasteiger partial charge in [0.25, 0.3) is 0 Å². The third-order valence-electron chi connectivity index (χ3n) is 7.06. The van der Waals surface area contributed by atoms with Crippen LogP contribution in [0.1, 0.15) is 44.2 Å². The van der Waals surface area contributed by atoms with Gasteiger partial charge in [-0.3, -0.25) is 4.40 Å². The number of aromatic nitrogens is 2. The van der Waals surface area contributed by atoms with Crippen LogP contribution in [0.4, 0.5) is 0 Å². The molecule has 0 spiro atoms. The molecule has 0 aliphatic heterocycles. The summed E-state index contributed by atoms with van der Waals surface area (Å²) < 4.78 is 2.17. The lowest BCUT2D eigenvalue weighted by molar-refractivity contribution is -0.00696. The summed E-state index contributed by atoms with van der Waals surface area (Å²) in [6.45, 7) is 0. The Morgan fingerprint density at radius 3 is 2.30 bits per heavy atom. The number of hydrogen-bond donors (Lipinski definition) is 2. The number of thiazole rings is 1. The van der Waals surface area contributed by atoms with Gasteiger partial charge >= 0.3 is 0 Å². The first-order chi connectivity index (χ1) is 12.6. The lowest BCUT2D eigenvalue weighted by Crippen LogP contribution is -2.48. The van der Waals surface area contributed by atoms with Crippen LogP contribution in [-0.2, 0) is 5.41 Å². The molecule has 6 heteroatoms. The highest BCUT2D eigenvalue weighted by atomic mass is 35.5. The normalized spacial score (nSPS) is 31.3. The van der Waals surface area contributed by atoms with Gasteiger partial charge in [-0.25, -0.2) is 4.98 Å². The molecular formula is C21H23ClN2O2S. The maximum absolute atomic E-state index is 9.86. The van der Waals surface area contributed by atoms with E-state index in [0.717, 1.165) is 34.0 Å². The Labute approximate surface area is 168 Å². The predicted octanol–water partition coefficient (Wildman–Crippen LogP) is 5.36. The molecule has 4 bridgehead atoms. The Morgan fingerprint density at radius 1 is 1.00 bits per heavy atom. The van der Waals surface area contributed by atoms with Crippen LogP contribution in [0.3, 0.4) is 0 Å². The molecule has 0 radical (unpaired) electrons. The quantitative estimate of drug-likeness (QED) is 0.567. The lowest BCUT2D eigenvalue weighted by Gasteiger charge is -2.56. The average molecular weight is 403 g/mol. The SMILES string of the molecule is Cl.Oc1ccc(-c2csc3nc(C45CC6CC(CC(C6)C4)C5)cn23)cc1O. The molecule has 0 amide bonds. The number of halogens is 1. The summed E-state index contributed by atoms with van der Waals surface area (Å²) in [5, 5.41) is 21.5. The molecule has 2 N–H and O–H groups in total. The maximum Gasteiger partial charge on any atom is 0.194 e. The summed E-state index contributed by atoms with van der Waals surface area (Å²) >= 11 is 1.65. The Morgan fingerprint density at radius 2 is 1.67 bits per heavy atom. The summed E-state index contributed by atoms with van der Waals surface area (Å²) in [5.41, 5.74) is 3.52. The van der Waals surface area contributed by atoms with Crippen LogP contribution < -0.4 is 0 Å². The predicted molar refractivity (Wildman–Crippen MR) is 109 cm³/mol. The Bertz CT molecular complexity index is 989. The first-order valence-corrected chi connectivity index (χ1v) is 10.5. The lowest BCUT2D eigenvalue weighted by atomic mass is 9.49. The molecular weight excluding hydrogens is 380 g/mol. The van der Waals surface area contributed by atoms with E-state index in [0.29, 0.717) is 5.41 Å². The maximum atomic E-state index is 9.86. The molecule has 2 heterocycles. The van der Waals surface area contributed by atoms with Crippen LogP contribution in [0.15, 0.2) is 29.8 Å². The van der Waals surface area contributed by atoms with Gasteiger partial charge in [0.1, 0.15) is 0 Å². The molecule has 0 saturated heterocycles. The van der Waals surface area contributed by atoms with E-state index in [1.807, 2.05) is 6.07 Å². The largest absolute Gasteiger partial charge is 0.504 e. The van der Waals surface area contributed by atoms with Crippen LogP contribution >= 0.6 is 23.7 Å². The molecule has 1 aromatic carbocycles. The molecule has 27 heavy (non-hydrogen) atoms. The fraction of sp³-hybridized carbons (Fsp3) is 0.476. The summed E-state index contributed by atoms with van der Waals surface area (Å²) in [6, 6.07) is 5.02. The average Bonchev–Trinajstić information content (AvgIpc) is 3.17. The van der Waals surface area contributed by atoms with Gasteiger partial charge in [0.15, 0.2) is 16.5 Å². The third-order valence-corrected chi connectivity index (χ3v) is 7.90. The molecule has 4 saturated carbocycles. The number of imidazole rings is 1. The number of benzene rings is 1. The van der Waals surface area contributed by atoms with Gasteiger partial charge in [0, 0.05) is 22.6 Å². The van der Waals surface area contributed by atoms with E-state index >= 15 is 0 Å². The van der Waals surface area contributed by atoms with Crippen molar-refractivity contribution in [1.29, 1.82) is 0 Å². The highest BCUT2D eigenvalue weighted by Gasteiger charge is 2.52. The van der Waals surface area contributed by atoms with Crippen molar-refractivity contribution in [3.63, 3.8) is 0 Å². The molecule has 142 valence electrons. The van der Waals surface area contributed by atoms with Crippen molar-refractivity contribution in [2.75, 3.05) is 0 Å². The van der Waals surface area contributed by atoms with Crippen molar-refractivity contribution in [3.8, 4) is 22.8 Å². The summed E-state index contributed by atoms with van der Waals surface area (Å²) in [4.78, 5) is 6.08. The van der Waals surface area contributed by atoms with Gasteiger partial charge in [-0.2, -0.15) is 0 Å². The summed E-state index contributed by atoms with van der Waals surface area (Å²) in [6.07, 6.45) is 10.5. The van der Waals surface area contributed by atoms with Crippen LogP contribution in [0, 0.1) is 17.8 Å². The molecule has 3 aromatic rings. The third kappa shape index (κ3) is 2.51. The second kappa shape index (κ2) is 5.89. The van der Waals surface area contributed by atoms with Gasteiger partial charge < -0.3 is 10.2 Å². The first kappa shape index (κ1) is 17.4. The first-order valence-electron chi connectivity index (χ1n) is 9.59. The van der Waals surface area contributed by atoms with Crippen molar-refractivity contribution < 1.29 is 10.2 Å². The van der Waals surface area contributed by atoms with Crippen LogP contribution in [0.25, 0.3) is 16.2 Å². The number of hydrogen-bond acceptors (Lipinski definition) is 4. The molecule has 4 aliphatic rings. The zero-order chi connectivity index (χ0) is 17.5. The number of phenolic OH excluding ortho intramolecular Hbond substituents is 2. The molecule has 0 atom stereocenters. The van der Waals surface area contributed by atoms with Crippen molar-refractivity contribution in [2.45, 2.75) is 43.9 Å². The Kier molecular flexibility index (Phi) is 3.79. The second-order valence-corrected chi connectivity index (χ2v) is 9.64. The number of phenols is 2. The van der Waals surface area contributed by atoms with Crippen molar-refractivity contribution >= 4 is 28.7 Å². The minimum atomic E-state index is -0.0832. The van der Waals surface area contributed by atoms with Crippen molar-refractivity contribution in [3.05, 3.63) is 35.5 Å². The smallest absolute Gasteiger partial charge is 0.194 e. The molecule has 7 rings (SSSR count). The van der Waals surface area contributed by atoms with Crippen molar-refractivity contribution in [2.24, 2.45) is 17.8 Å². The van der Waals surface area contributed by atoms with E-state index in [2.05, 4.69) is 16.0 Å². The summed E-state index contributed by atoms with van der Waals surface area (Å²) in [7, 11) is 0. The fourth-order valence-corrected chi connectivity index (χ4v) is 7.24. The monoisotopic (exact) mass is 402 g/mol. The fourth-order valence-electron chi connectivity index (χ4n) is 6.35. The van der Waals surface area contributed by atoms with Crippen LogP contribution in [0.5, 0.6) is 11.5 Å². The van der Waals surface area contributed by atoms with Crippen molar-refractivity contribution in [1.82, 2.24) is 9.38 Å². The zero-order valence-corrected chi connectivity index (χ0v) is 16.6. The molecule has 0 unspecified atom stereocenters. The minimum Gasteiger partial charge on any atom is -0.504 e. The number of nitrogens with zero attached hydrogens (tertiary/aromatic N) is 2.